The van der Waals surface area contributed by atoms with Crippen LogP contribution in [0.3, 0.4) is 0 Å². The number of aromatic nitrogens is 2. The Morgan fingerprint density at radius 1 is 1.33 bits per heavy atom. The van der Waals surface area contributed by atoms with E-state index in [0.717, 1.165) is 18.7 Å². The molecule has 1 aromatic heterocycles. The number of hydrogen-bond donors (Lipinski definition) is 2. The van der Waals surface area contributed by atoms with Crippen molar-refractivity contribution in [1.29, 1.82) is 0 Å². The van der Waals surface area contributed by atoms with Crippen LogP contribution in [0.25, 0.3) is 11.5 Å². The monoisotopic (exact) mass is 330 g/mol. The van der Waals surface area contributed by atoms with Crippen molar-refractivity contribution >= 4 is 5.91 Å². The first-order chi connectivity index (χ1) is 11.6. The molecule has 0 aliphatic carbocycles. The van der Waals surface area contributed by atoms with Crippen molar-refractivity contribution in [3.63, 3.8) is 0 Å². The largest absolute Gasteiger partial charge is 0.368 e. The number of rotatable bonds is 5. The molecule has 1 fully saturated rings. The normalized spacial score (nSPS) is 18.1. The molecular weight excluding hydrogens is 308 g/mol. The van der Waals surface area contributed by atoms with Gasteiger partial charge in [0.25, 0.3) is 11.8 Å². The van der Waals surface area contributed by atoms with Gasteiger partial charge in [0.1, 0.15) is 5.60 Å². The second-order valence-electron chi connectivity index (χ2n) is 5.97. The van der Waals surface area contributed by atoms with Crippen molar-refractivity contribution in [3.05, 3.63) is 36.2 Å². The van der Waals surface area contributed by atoms with Crippen molar-refractivity contribution in [3.8, 4) is 11.5 Å². The minimum Gasteiger partial charge on any atom is -0.368 e. The molecule has 1 aromatic carbocycles. The summed E-state index contributed by atoms with van der Waals surface area (Å²) in [4.78, 5) is 17.0. The highest BCUT2D eigenvalue weighted by Crippen LogP contribution is 2.24. The zero-order valence-corrected chi connectivity index (χ0v) is 13.9. The van der Waals surface area contributed by atoms with Gasteiger partial charge < -0.3 is 19.9 Å². The van der Waals surface area contributed by atoms with Crippen molar-refractivity contribution in [2.45, 2.75) is 31.4 Å². The zero-order chi connectivity index (χ0) is 17.0. The van der Waals surface area contributed by atoms with Gasteiger partial charge in [0.15, 0.2) is 5.82 Å². The first kappa shape index (κ1) is 16.6. The van der Waals surface area contributed by atoms with Crippen LogP contribution < -0.4 is 10.6 Å². The lowest BCUT2D eigenvalue weighted by atomic mass is 9.91. The molecule has 1 aliphatic heterocycles. The van der Waals surface area contributed by atoms with Gasteiger partial charge >= 0.3 is 0 Å². The summed E-state index contributed by atoms with van der Waals surface area (Å²) in [6, 6.07) is 9.17. The average molecular weight is 330 g/mol. The van der Waals surface area contributed by atoms with E-state index in [2.05, 4.69) is 20.8 Å². The van der Waals surface area contributed by atoms with E-state index in [4.69, 9.17) is 9.26 Å². The van der Waals surface area contributed by atoms with Crippen molar-refractivity contribution in [2.24, 2.45) is 0 Å². The van der Waals surface area contributed by atoms with E-state index in [9.17, 15) is 4.79 Å². The molecule has 0 spiro atoms. The molecule has 1 amide bonds. The molecule has 7 nitrogen and oxygen atoms in total. The summed E-state index contributed by atoms with van der Waals surface area (Å²) in [5.74, 6) is 0.752. The minimum atomic E-state index is -0.786. The van der Waals surface area contributed by atoms with E-state index < -0.39 is 5.60 Å². The van der Waals surface area contributed by atoms with E-state index in [-0.39, 0.29) is 11.9 Å². The lowest BCUT2D eigenvalue weighted by Crippen LogP contribution is -2.54. The Hall–Kier alpha value is -2.25. The fraction of sp³-hybridized carbons (Fsp3) is 0.471. The van der Waals surface area contributed by atoms with Gasteiger partial charge in [-0.2, -0.15) is 4.98 Å². The van der Waals surface area contributed by atoms with Crippen molar-refractivity contribution < 1.29 is 14.1 Å². The molecule has 2 N–H and O–H groups in total. The van der Waals surface area contributed by atoms with Crippen molar-refractivity contribution in [2.75, 3.05) is 20.2 Å². The predicted molar refractivity (Wildman–Crippen MR) is 88.1 cm³/mol. The molecule has 2 heterocycles. The first-order valence-corrected chi connectivity index (χ1v) is 8.10. The predicted octanol–water partition coefficient (Wildman–Crippen LogP) is 1.68. The molecular formula is C17H22N4O3. The van der Waals surface area contributed by atoms with Crippen molar-refractivity contribution in [1.82, 2.24) is 20.8 Å². The number of amides is 1. The topological polar surface area (TPSA) is 89.3 Å². The van der Waals surface area contributed by atoms with Gasteiger partial charge in [-0.3, -0.25) is 4.79 Å². The van der Waals surface area contributed by atoms with E-state index >= 15 is 0 Å². The molecule has 0 bridgehead atoms. The molecule has 3 rings (SSSR count). The Bertz CT molecular complexity index is 680. The number of hydrogen-bond acceptors (Lipinski definition) is 6. The Balaban J connectivity index is 1.70. The summed E-state index contributed by atoms with van der Waals surface area (Å²) in [7, 11) is 1.58. The summed E-state index contributed by atoms with van der Waals surface area (Å²) in [5, 5.41) is 10.2. The minimum absolute atomic E-state index is 0.134. The summed E-state index contributed by atoms with van der Waals surface area (Å²) in [5.41, 5.74) is 0.0624. The third kappa shape index (κ3) is 3.32. The maximum absolute atomic E-state index is 12.7. The van der Waals surface area contributed by atoms with E-state index in [0.29, 0.717) is 24.6 Å². The van der Waals surface area contributed by atoms with Crippen LogP contribution >= 0.6 is 0 Å². The Labute approximate surface area is 140 Å². The fourth-order valence-electron chi connectivity index (χ4n) is 2.86. The molecule has 1 atom stereocenters. The van der Waals surface area contributed by atoms with E-state index in [1.807, 2.05) is 37.3 Å². The molecule has 1 saturated heterocycles. The molecule has 1 aliphatic rings. The van der Waals surface area contributed by atoms with E-state index in [1.165, 1.54) is 0 Å². The van der Waals surface area contributed by atoms with Crippen LogP contribution in [0.1, 0.15) is 31.6 Å². The average Bonchev–Trinajstić information content (AvgIpc) is 3.13. The van der Waals surface area contributed by atoms with Crippen LogP contribution in [0.4, 0.5) is 0 Å². The number of methoxy groups -OCH3 is 1. The summed E-state index contributed by atoms with van der Waals surface area (Å²) in [6.07, 6.45) is 1.28. The van der Waals surface area contributed by atoms with Gasteiger partial charge in [-0.05, 0) is 45.0 Å². The molecule has 24 heavy (non-hydrogen) atoms. The molecule has 2 aromatic rings. The summed E-state index contributed by atoms with van der Waals surface area (Å²) in [6.45, 7) is 3.36. The van der Waals surface area contributed by atoms with Crippen LogP contribution in [0.5, 0.6) is 0 Å². The quantitative estimate of drug-likeness (QED) is 0.867. The molecule has 1 unspecified atom stereocenters. The highest BCUT2D eigenvalue weighted by atomic mass is 16.5. The molecule has 0 radical (unpaired) electrons. The number of carbonyl (C=O) groups is 1. The second-order valence-corrected chi connectivity index (χ2v) is 5.97. The number of nitrogens with one attached hydrogen (secondary N) is 2. The van der Waals surface area contributed by atoms with Gasteiger partial charge in [0.05, 0.1) is 6.04 Å². The Morgan fingerprint density at radius 2 is 2.04 bits per heavy atom. The van der Waals surface area contributed by atoms with Crippen LogP contribution in [0, 0.1) is 0 Å². The lowest BCUT2D eigenvalue weighted by Gasteiger charge is -2.35. The number of benzene rings is 1. The Morgan fingerprint density at radius 3 is 2.71 bits per heavy atom. The van der Waals surface area contributed by atoms with Gasteiger partial charge in [-0.25, -0.2) is 0 Å². The third-order valence-corrected chi connectivity index (χ3v) is 4.41. The highest BCUT2D eigenvalue weighted by molar-refractivity contribution is 5.85. The SMILES string of the molecule is COC1(C(=O)NC(C)c2noc(-c3ccccc3)n2)CCNCC1. The van der Waals surface area contributed by atoms with Crippen LogP contribution in [0.2, 0.25) is 0 Å². The summed E-state index contributed by atoms with van der Waals surface area (Å²) < 4.78 is 10.8. The van der Waals surface area contributed by atoms with Gasteiger partial charge in [0, 0.05) is 12.7 Å². The first-order valence-electron chi connectivity index (χ1n) is 8.10. The van der Waals surface area contributed by atoms with Crippen LogP contribution in [0.15, 0.2) is 34.9 Å². The lowest BCUT2D eigenvalue weighted by molar-refractivity contribution is -0.147. The summed E-state index contributed by atoms with van der Waals surface area (Å²) >= 11 is 0. The fourth-order valence-corrected chi connectivity index (χ4v) is 2.86. The maximum Gasteiger partial charge on any atom is 0.257 e. The number of ether oxygens (including phenoxy) is 1. The molecule has 7 heteroatoms. The number of nitrogens with zero attached hydrogens (tertiary/aromatic N) is 2. The van der Waals surface area contributed by atoms with Gasteiger partial charge in [-0.1, -0.05) is 23.4 Å². The molecule has 128 valence electrons. The second kappa shape index (κ2) is 7.11. The van der Waals surface area contributed by atoms with Crippen LogP contribution in [-0.2, 0) is 9.53 Å². The van der Waals surface area contributed by atoms with Crippen LogP contribution in [-0.4, -0.2) is 41.8 Å². The van der Waals surface area contributed by atoms with Gasteiger partial charge in [-0.15, -0.1) is 0 Å². The van der Waals surface area contributed by atoms with Gasteiger partial charge in [0.2, 0.25) is 0 Å². The van der Waals surface area contributed by atoms with E-state index in [1.54, 1.807) is 7.11 Å². The highest BCUT2D eigenvalue weighted by Gasteiger charge is 2.40. The maximum atomic E-state index is 12.7. The zero-order valence-electron chi connectivity index (χ0n) is 13.9. The number of carbonyl (C=O) groups excluding carboxylic acids is 1. The third-order valence-electron chi connectivity index (χ3n) is 4.41. The smallest absolute Gasteiger partial charge is 0.257 e. The standard InChI is InChI=1S/C17H22N4O3/c1-12(19-16(22)17(23-2)8-10-18-11-9-17)14-20-15(24-21-14)13-6-4-3-5-7-13/h3-7,12,18H,8-11H2,1-2H3,(H,19,22). The Kier molecular flexibility index (Phi) is 4.92. The molecule has 0 saturated carbocycles. The number of piperidine rings is 1.